The normalized spacial score (nSPS) is 10.6. The smallest absolute Gasteiger partial charge is 0.328 e. The van der Waals surface area contributed by atoms with Gasteiger partial charge >= 0.3 is 11.8 Å². The molecule has 0 unspecified atom stereocenters. The number of halogens is 2. The lowest BCUT2D eigenvalue weighted by atomic mass is 10.2. The molecule has 172 valence electrons. The number of para-hydroxylation sites is 1. The Balaban J connectivity index is 1.61. The number of anilines is 2. The number of nitrogens with one attached hydrogen (secondary N) is 3. The molecule has 3 amide bonds. The van der Waals surface area contributed by atoms with Gasteiger partial charge in [0.25, 0.3) is 5.91 Å². The topological polar surface area (TPSA) is 101 Å². The zero-order valence-electron chi connectivity index (χ0n) is 17.8. The highest BCUT2D eigenvalue weighted by molar-refractivity contribution is 9.10. The van der Waals surface area contributed by atoms with Gasteiger partial charge < -0.3 is 15.4 Å². The Hall–Kier alpha value is -3.82. The Kier molecular flexibility index (Phi) is 6.85. The van der Waals surface area contributed by atoms with Crippen LogP contribution in [0.15, 0.2) is 77.3 Å². The molecule has 0 atom stereocenters. The van der Waals surface area contributed by atoms with Crippen molar-refractivity contribution in [2.24, 2.45) is 0 Å². The first-order chi connectivity index (χ1) is 16.4. The number of benzene rings is 3. The van der Waals surface area contributed by atoms with Crippen molar-refractivity contribution in [3.05, 3.63) is 88.0 Å². The van der Waals surface area contributed by atoms with Crippen LogP contribution in [-0.2, 0) is 9.59 Å². The molecule has 0 aliphatic carbocycles. The molecule has 4 aromatic rings. The Morgan fingerprint density at radius 1 is 0.912 bits per heavy atom. The number of carbonyl (C=O) groups excluding carboxylic acids is 3. The van der Waals surface area contributed by atoms with Gasteiger partial charge in [0.05, 0.1) is 23.3 Å². The molecule has 0 bridgehead atoms. The lowest BCUT2D eigenvalue weighted by Crippen LogP contribution is -2.36. The number of fused-ring (bicyclic) bond motifs is 1. The van der Waals surface area contributed by atoms with Crippen LogP contribution in [0.1, 0.15) is 10.5 Å². The third-order valence-corrected chi connectivity index (χ3v) is 5.71. The molecule has 0 fully saturated rings. The van der Waals surface area contributed by atoms with Crippen LogP contribution in [0.4, 0.5) is 11.4 Å². The van der Waals surface area contributed by atoms with E-state index in [2.05, 4.69) is 32.0 Å². The van der Waals surface area contributed by atoms with Gasteiger partial charge in [-0.05, 0) is 60.7 Å². The van der Waals surface area contributed by atoms with Crippen molar-refractivity contribution in [1.29, 1.82) is 0 Å². The van der Waals surface area contributed by atoms with E-state index in [0.717, 1.165) is 4.47 Å². The van der Waals surface area contributed by atoms with E-state index in [1.807, 2.05) is 0 Å². The minimum absolute atomic E-state index is 0.110. The predicted molar refractivity (Wildman–Crippen MR) is 135 cm³/mol. The number of ether oxygens (including phenoxy) is 1. The van der Waals surface area contributed by atoms with Crippen LogP contribution in [-0.4, -0.2) is 29.5 Å². The van der Waals surface area contributed by atoms with E-state index >= 15 is 0 Å². The van der Waals surface area contributed by atoms with Crippen LogP contribution < -0.4 is 20.8 Å². The molecular formula is C24H18BrClN4O4. The maximum Gasteiger partial charge on any atom is 0.328 e. The van der Waals surface area contributed by atoms with E-state index in [9.17, 15) is 14.4 Å². The van der Waals surface area contributed by atoms with Gasteiger partial charge in [0.15, 0.2) is 0 Å². The average Bonchev–Trinajstić information content (AvgIpc) is 3.18. The predicted octanol–water partition coefficient (Wildman–Crippen LogP) is 5.03. The van der Waals surface area contributed by atoms with Crippen molar-refractivity contribution in [1.82, 2.24) is 4.68 Å². The van der Waals surface area contributed by atoms with Crippen LogP contribution in [0, 0.1) is 0 Å². The Labute approximate surface area is 207 Å². The number of nitrogens with zero attached hydrogens (tertiary/aromatic N) is 1. The summed E-state index contributed by atoms with van der Waals surface area (Å²) >= 11 is 9.56. The van der Waals surface area contributed by atoms with Gasteiger partial charge in [-0.25, -0.2) is 4.68 Å². The number of methoxy groups -OCH3 is 1. The summed E-state index contributed by atoms with van der Waals surface area (Å²) in [7, 11) is 1.53. The zero-order chi connectivity index (χ0) is 24.2. The lowest BCUT2D eigenvalue weighted by Gasteiger charge is -2.13. The highest BCUT2D eigenvalue weighted by Gasteiger charge is 2.21. The van der Waals surface area contributed by atoms with Gasteiger partial charge in [-0.15, -0.1) is 0 Å². The molecule has 0 aliphatic rings. The van der Waals surface area contributed by atoms with Gasteiger partial charge in [0.2, 0.25) is 0 Å². The van der Waals surface area contributed by atoms with Gasteiger partial charge in [-0.1, -0.05) is 39.7 Å². The van der Waals surface area contributed by atoms with E-state index in [1.54, 1.807) is 72.8 Å². The van der Waals surface area contributed by atoms with E-state index < -0.39 is 17.7 Å². The van der Waals surface area contributed by atoms with E-state index in [4.69, 9.17) is 16.3 Å². The van der Waals surface area contributed by atoms with Crippen LogP contribution in [0.3, 0.4) is 0 Å². The zero-order valence-corrected chi connectivity index (χ0v) is 20.1. The van der Waals surface area contributed by atoms with E-state index in [0.29, 0.717) is 33.0 Å². The van der Waals surface area contributed by atoms with Crippen LogP contribution in [0.25, 0.3) is 10.9 Å². The SMILES string of the molecule is COc1ccc(NC(=O)C(=O)Nn2c(C(=O)Nc3ccccc3Cl)cc3cc(Br)ccc32)cc1. The second-order valence-electron chi connectivity index (χ2n) is 7.13. The molecular weight excluding hydrogens is 524 g/mol. The first-order valence-electron chi connectivity index (χ1n) is 9.99. The lowest BCUT2D eigenvalue weighted by molar-refractivity contribution is -0.133. The quantitative estimate of drug-likeness (QED) is 0.309. The maximum absolute atomic E-state index is 13.1. The number of amides is 3. The minimum atomic E-state index is -0.956. The van der Waals surface area contributed by atoms with Gasteiger partial charge in [-0.2, -0.15) is 0 Å². The molecule has 0 radical (unpaired) electrons. The molecule has 0 spiro atoms. The Morgan fingerprint density at radius 2 is 1.65 bits per heavy atom. The third kappa shape index (κ3) is 5.05. The molecule has 34 heavy (non-hydrogen) atoms. The molecule has 0 aliphatic heterocycles. The monoisotopic (exact) mass is 540 g/mol. The number of rotatable bonds is 5. The highest BCUT2D eigenvalue weighted by atomic mass is 79.9. The number of aromatic nitrogens is 1. The molecule has 0 saturated heterocycles. The van der Waals surface area contributed by atoms with Crippen LogP contribution in [0.5, 0.6) is 5.75 Å². The molecule has 4 rings (SSSR count). The summed E-state index contributed by atoms with van der Waals surface area (Å²) in [5, 5.41) is 6.28. The number of hydrogen-bond acceptors (Lipinski definition) is 4. The van der Waals surface area contributed by atoms with Crippen molar-refractivity contribution in [2.45, 2.75) is 0 Å². The van der Waals surface area contributed by atoms with E-state index in [-0.39, 0.29) is 5.69 Å². The summed E-state index contributed by atoms with van der Waals surface area (Å²) in [6.45, 7) is 0. The molecule has 3 N–H and O–H groups in total. The van der Waals surface area contributed by atoms with Crippen LogP contribution in [0.2, 0.25) is 5.02 Å². The maximum atomic E-state index is 13.1. The van der Waals surface area contributed by atoms with Crippen molar-refractivity contribution in [3.8, 4) is 5.75 Å². The first-order valence-corrected chi connectivity index (χ1v) is 11.2. The van der Waals surface area contributed by atoms with E-state index in [1.165, 1.54) is 11.8 Å². The highest BCUT2D eigenvalue weighted by Crippen LogP contribution is 2.25. The standard InChI is InChI=1S/C24H18BrClN4O4/c1-34-17-9-7-16(8-10-17)27-23(32)24(33)29-30-20-11-6-15(25)12-14(20)13-21(30)22(31)28-19-5-3-2-4-18(19)26/h2-13H,1H3,(H,27,32)(H,28,31)(H,29,33). The summed E-state index contributed by atoms with van der Waals surface area (Å²) < 4.78 is 7.14. The first kappa shape index (κ1) is 23.3. The fraction of sp³-hybridized carbons (Fsp3) is 0.0417. The number of hydrogen-bond donors (Lipinski definition) is 3. The largest absolute Gasteiger partial charge is 0.497 e. The van der Waals surface area contributed by atoms with Gasteiger partial charge in [0.1, 0.15) is 11.4 Å². The summed E-state index contributed by atoms with van der Waals surface area (Å²) in [4.78, 5) is 38.3. The molecule has 3 aromatic carbocycles. The van der Waals surface area contributed by atoms with Crippen molar-refractivity contribution in [2.75, 3.05) is 23.2 Å². The molecule has 10 heteroatoms. The fourth-order valence-electron chi connectivity index (χ4n) is 3.24. The summed E-state index contributed by atoms with van der Waals surface area (Å²) in [6, 6.07) is 20.2. The number of carbonyl (C=O) groups is 3. The molecule has 0 saturated carbocycles. The summed E-state index contributed by atoms with van der Waals surface area (Å²) in [5.74, 6) is -1.76. The molecule has 1 heterocycles. The van der Waals surface area contributed by atoms with Crippen LogP contribution >= 0.6 is 27.5 Å². The summed E-state index contributed by atoms with van der Waals surface area (Å²) in [5.41, 5.74) is 3.97. The van der Waals surface area contributed by atoms with Crippen molar-refractivity contribution >= 4 is 67.5 Å². The average molecular weight is 542 g/mol. The third-order valence-electron chi connectivity index (χ3n) is 4.89. The van der Waals surface area contributed by atoms with Crippen molar-refractivity contribution < 1.29 is 19.1 Å². The van der Waals surface area contributed by atoms with Gasteiger partial charge in [0, 0.05) is 15.5 Å². The fourth-order valence-corrected chi connectivity index (χ4v) is 3.80. The second kappa shape index (κ2) is 9.98. The molecule has 1 aromatic heterocycles. The Bertz CT molecular complexity index is 1400. The summed E-state index contributed by atoms with van der Waals surface area (Å²) in [6.07, 6.45) is 0. The van der Waals surface area contributed by atoms with Gasteiger partial charge in [-0.3, -0.25) is 19.8 Å². The second-order valence-corrected chi connectivity index (χ2v) is 8.45. The Morgan fingerprint density at radius 3 is 2.35 bits per heavy atom. The molecule has 8 nitrogen and oxygen atoms in total. The minimum Gasteiger partial charge on any atom is -0.497 e. The van der Waals surface area contributed by atoms with Crippen molar-refractivity contribution in [3.63, 3.8) is 0 Å².